The molecule has 0 aliphatic carbocycles. The van der Waals surface area contributed by atoms with E-state index < -0.39 is 0 Å². The van der Waals surface area contributed by atoms with Crippen molar-refractivity contribution < 1.29 is 9.53 Å². The predicted octanol–water partition coefficient (Wildman–Crippen LogP) is -0.388. The van der Waals surface area contributed by atoms with Crippen LogP contribution >= 0.6 is 0 Å². The Balaban J connectivity index is 3.46. The molecule has 0 aliphatic heterocycles. The van der Waals surface area contributed by atoms with E-state index in [0.29, 0.717) is 18.8 Å². The summed E-state index contributed by atoms with van der Waals surface area (Å²) in [6.45, 7) is 2.67. The summed E-state index contributed by atoms with van der Waals surface area (Å²) in [7, 11) is 1.79. The molecule has 0 aliphatic rings. The molecule has 0 aromatic heterocycles. The van der Waals surface area contributed by atoms with Gasteiger partial charge in [-0.15, -0.1) is 0 Å². The first-order valence-electron chi connectivity index (χ1n) is 3.42. The molecule has 4 nitrogen and oxygen atoms in total. The Morgan fingerprint density at radius 3 is 2.82 bits per heavy atom. The van der Waals surface area contributed by atoms with Gasteiger partial charge in [-0.1, -0.05) is 0 Å². The molecule has 11 heavy (non-hydrogen) atoms. The lowest BCUT2D eigenvalue weighted by molar-refractivity contribution is -0.137. The van der Waals surface area contributed by atoms with Crippen molar-refractivity contribution in [2.75, 3.05) is 20.2 Å². The summed E-state index contributed by atoms with van der Waals surface area (Å²) < 4.78 is 4.74. The van der Waals surface area contributed by atoms with Gasteiger partial charge in [-0.2, -0.15) is 0 Å². The van der Waals surface area contributed by atoms with Crippen LogP contribution in [0.5, 0.6) is 0 Å². The largest absolute Gasteiger partial charge is 0.461 e. The molecule has 0 amide bonds. The first kappa shape index (κ1) is 9.97. The van der Waals surface area contributed by atoms with Gasteiger partial charge in [0.25, 0.3) is 0 Å². The van der Waals surface area contributed by atoms with Gasteiger partial charge in [0.05, 0.1) is 0 Å². The van der Waals surface area contributed by atoms with Gasteiger partial charge in [0.1, 0.15) is 6.61 Å². The number of nitrogens with one attached hydrogen (secondary N) is 1. The summed E-state index contributed by atoms with van der Waals surface area (Å²) in [5, 5.41) is 2.85. The van der Waals surface area contributed by atoms with Crippen LogP contribution in [0.15, 0.2) is 11.8 Å². The zero-order chi connectivity index (χ0) is 8.69. The fraction of sp³-hybridized carbons (Fsp3) is 0.571. The lowest BCUT2D eigenvalue weighted by Crippen LogP contribution is -2.16. The van der Waals surface area contributed by atoms with Crippen LogP contribution in [0.1, 0.15) is 6.92 Å². The summed E-state index contributed by atoms with van der Waals surface area (Å²) in [5.41, 5.74) is 5.70. The van der Waals surface area contributed by atoms with E-state index in [1.165, 1.54) is 6.08 Å². The summed E-state index contributed by atoms with van der Waals surface area (Å²) in [6.07, 6.45) is 1.26. The van der Waals surface area contributed by atoms with Crippen LogP contribution in [-0.2, 0) is 9.53 Å². The molecule has 0 fully saturated rings. The highest BCUT2D eigenvalue weighted by Crippen LogP contribution is 1.84. The van der Waals surface area contributed by atoms with Crippen LogP contribution in [0.25, 0.3) is 0 Å². The van der Waals surface area contributed by atoms with Crippen molar-refractivity contribution in [2.24, 2.45) is 5.73 Å². The fourth-order valence-electron chi connectivity index (χ4n) is 0.481. The van der Waals surface area contributed by atoms with E-state index in [2.05, 4.69) is 5.32 Å². The Morgan fingerprint density at radius 2 is 2.36 bits per heavy atom. The maximum absolute atomic E-state index is 10.7. The number of esters is 1. The van der Waals surface area contributed by atoms with E-state index in [-0.39, 0.29) is 5.97 Å². The fourth-order valence-corrected chi connectivity index (χ4v) is 0.481. The van der Waals surface area contributed by atoms with Gasteiger partial charge in [-0.05, 0) is 14.0 Å². The average molecular weight is 158 g/mol. The number of allylic oxidation sites excluding steroid dienone is 1. The predicted molar refractivity (Wildman–Crippen MR) is 42.8 cm³/mol. The summed E-state index contributed by atoms with van der Waals surface area (Å²) in [5.74, 6) is -0.389. The molecule has 0 rings (SSSR count). The molecular formula is C7H14N2O2. The van der Waals surface area contributed by atoms with Crippen molar-refractivity contribution in [2.45, 2.75) is 6.92 Å². The van der Waals surface area contributed by atoms with E-state index in [4.69, 9.17) is 10.5 Å². The van der Waals surface area contributed by atoms with Gasteiger partial charge in [-0.25, -0.2) is 4.79 Å². The Labute approximate surface area is 66.4 Å². The number of hydrogen-bond acceptors (Lipinski definition) is 4. The van der Waals surface area contributed by atoms with E-state index in [0.717, 1.165) is 0 Å². The van der Waals surface area contributed by atoms with Crippen LogP contribution in [0.4, 0.5) is 0 Å². The van der Waals surface area contributed by atoms with Crippen LogP contribution in [0.2, 0.25) is 0 Å². The third-order valence-corrected chi connectivity index (χ3v) is 0.942. The zero-order valence-electron chi connectivity index (χ0n) is 6.89. The number of ether oxygens (including phenoxy) is 1. The molecule has 4 heteroatoms. The number of carbonyl (C=O) groups is 1. The van der Waals surface area contributed by atoms with Crippen molar-refractivity contribution in [3.8, 4) is 0 Å². The molecule has 0 saturated heterocycles. The topological polar surface area (TPSA) is 64.3 Å². The van der Waals surface area contributed by atoms with E-state index >= 15 is 0 Å². The van der Waals surface area contributed by atoms with Crippen molar-refractivity contribution in [1.29, 1.82) is 0 Å². The minimum absolute atomic E-state index is 0.374. The number of likely N-dealkylation sites (N-methyl/N-ethyl adjacent to an activating group) is 1. The lowest BCUT2D eigenvalue weighted by Gasteiger charge is -2.00. The average Bonchev–Trinajstić information content (AvgIpc) is 1.86. The summed E-state index contributed by atoms with van der Waals surface area (Å²) in [4.78, 5) is 10.7. The minimum atomic E-state index is -0.389. The highest BCUT2D eigenvalue weighted by Gasteiger charge is 1.95. The maximum Gasteiger partial charge on any atom is 0.332 e. The van der Waals surface area contributed by atoms with Crippen LogP contribution in [0.3, 0.4) is 0 Å². The second-order valence-electron chi connectivity index (χ2n) is 2.16. The van der Waals surface area contributed by atoms with Crippen LogP contribution in [0, 0.1) is 0 Å². The molecular weight excluding hydrogens is 144 g/mol. The smallest absolute Gasteiger partial charge is 0.332 e. The SMILES string of the molecule is CNCCOC(=O)C=C(C)N. The van der Waals surface area contributed by atoms with Crippen molar-refractivity contribution in [3.05, 3.63) is 11.8 Å². The molecule has 0 aromatic rings. The zero-order valence-corrected chi connectivity index (χ0v) is 6.89. The standard InChI is InChI=1S/C7H14N2O2/c1-6(8)5-7(10)11-4-3-9-2/h5,9H,3-4,8H2,1-2H3. The second kappa shape index (κ2) is 5.73. The number of rotatable bonds is 4. The molecule has 64 valence electrons. The quantitative estimate of drug-likeness (QED) is 0.332. The third kappa shape index (κ3) is 6.86. The van der Waals surface area contributed by atoms with Crippen molar-refractivity contribution in [1.82, 2.24) is 5.32 Å². The Kier molecular flexibility index (Phi) is 5.20. The monoisotopic (exact) mass is 158 g/mol. The van der Waals surface area contributed by atoms with Crippen molar-refractivity contribution in [3.63, 3.8) is 0 Å². The first-order chi connectivity index (χ1) is 5.16. The molecule has 3 N–H and O–H groups in total. The summed E-state index contributed by atoms with van der Waals surface area (Å²) >= 11 is 0. The maximum atomic E-state index is 10.7. The van der Waals surface area contributed by atoms with E-state index in [1.54, 1.807) is 14.0 Å². The van der Waals surface area contributed by atoms with Gasteiger partial charge >= 0.3 is 5.97 Å². The number of hydrogen-bond donors (Lipinski definition) is 2. The molecule has 0 spiro atoms. The van der Waals surface area contributed by atoms with Gasteiger partial charge in [0.2, 0.25) is 0 Å². The van der Waals surface area contributed by atoms with Crippen molar-refractivity contribution >= 4 is 5.97 Å². The minimum Gasteiger partial charge on any atom is -0.461 e. The first-order valence-corrected chi connectivity index (χ1v) is 3.42. The second-order valence-corrected chi connectivity index (χ2v) is 2.16. The number of nitrogens with two attached hydrogens (primary N) is 1. The van der Waals surface area contributed by atoms with Gasteiger partial charge in [0.15, 0.2) is 0 Å². The van der Waals surface area contributed by atoms with Crippen LogP contribution in [-0.4, -0.2) is 26.2 Å². The Morgan fingerprint density at radius 1 is 1.73 bits per heavy atom. The molecule has 0 radical (unpaired) electrons. The van der Waals surface area contributed by atoms with E-state index in [1.807, 2.05) is 0 Å². The highest BCUT2D eigenvalue weighted by atomic mass is 16.5. The summed E-state index contributed by atoms with van der Waals surface area (Å²) in [6, 6.07) is 0. The van der Waals surface area contributed by atoms with Gasteiger partial charge in [-0.3, -0.25) is 0 Å². The van der Waals surface area contributed by atoms with Gasteiger partial charge < -0.3 is 15.8 Å². The molecule has 0 aromatic carbocycles. The highest BCUT2D eigenvalue weighted by molar-refractivity contribution is 5.82. The third-order valence-electron chi connectivity index (χ3n) is 0.942. The molecule has 0 bridgehead atoms. The van der Waals surface area contributed by atoms with Crippen LogP contribution < -0.4 is 11.1 Å². The van der Waals surface area contributed by atoms with E-state index in [9.17, 15) is 4.79 Å². The lowest BCUT2D eigenvalue weighted by atomic mass is 10.4. The normalized spacial score (nSPS) is 11.3. The molecule has 0 heterocycles. The Bertz CT molecular complexity index is 151. The molecule has 0 saturated carbocycles. The number of carbonyl (C=O) groups excluding carboxylic acids is 1. The molecule has 0 atom stereocenters. The molecule has 0 unspecified atom stereocenters. The Hall–Kier alpha value is -1.03. The van der Waals surface area contributed by atoms with Gasteiger partial charge in [0, 0.05) is 18.3 Å².